The maximum atomic E-state index is 5.85. The molecule has 21 heavy (non-hydrogen) atoms. The molecule has 2 fully saturated rings. The van der Waals surface area contributed by atoms with Crippen LogP contribution in [0.4, 0.5) is 0 Å². The number of piperidine rings is 1. The van der Waals surface area contributed by atoms with Crippen molar-refractivity contribution >= 4 is 41.7 Å². The highest BCUT2D eigenvalue weighted by molar-refractivity contribution is 14.0. The molecule has 6 heteroatoms. The minimum atomic E-state index is 0. The van der Waals surface area contributed by atoms with E-state index in [2.05, 4.69) is 17.1 Å². The molecule has 0 aromatic rings. The van der Waals surface area contributed by atoms with Gasteiger partial charge < -0.3 is 15.0 Å². The molecule has 122 valence electrons. The fourth-order valence-electron chi connectivity index (χ4n) is 3.53. The van der Waals surface area contributed by atoms with Crippen molar-refractivity contribution < 1.29 is 4.74 Å². The van der Waals surface area contributed by atoms with E-state index in [-0.39, 0.29) is 29.6 Å². The average Bonchev–Trinajstić information content (AvgIpc) is 2.88. The molecule has 3 heterocycles. The Kier molecular flexibility index (Phi) is 6.50. The summed E-state index contributed by atoms with van der Waals surface area (Å²) in [5, 5.41) is 3.60. The molecule has 0 bridgehead atoms. The largest absolute Gasteiger partial charge is 0.376 e. The first-order valence-corrected chi connectivity index (χ1v) is 9.06. The molecule has 3 aliphatic heterocycles. The Morgan fingerprint density at radius 2 is 2.14 bits per heavy atom. The zero-order valence-corrected chi connectivity index (χ0v) is 16.3. The minimum Gasteiger partial charge on any atom is -0.376 e. The van der Waals surface area contributed by atoms with Crippen molar-refractivity contribution in [1.29, 1.82) is 0 Å². The molecule has 2 unspecified atom stereocenters. The van der Waals surface area contributed by atoms with Crippen LogP contribution in [0.25, 0.3) is 0 Å². The third-order valence-corrected chi connectivity index (χ3v) is 6.06. The fourth-order valence-corrected chi connectivity index (χ4v) is 4.77. The molecular formula is C15H28IN3OS. The van der Waals surface area contributed by atoms with Gasteiger partial charge in [0.2, 0.25) is 0 Å². The highest BCUT2D eigenvalue weighted by Crippen LogP contribution is 2.30. The summed E-state index contributed by atoms with van der Waals surface area (Å²) in [7, 11) is 1.86. The Morgan fingerprint density at radius 3 is 2.86 bits per heavy atom. The molecule has 0 saturated carbocycles. The highest BCUT2D eigenvalue weighted by Gasteiger charge is 2.36. The van der Waals surface area contributed by atoms with E-state index in [9.17, 15) is 0 Å². The Labute approximate surface area is 149 Å². The second-order valence-corrected chi connectivity index (χ2v) is 7.73. The number of nitrogens with one attached hydrogen (secondary N) is 1. The van der Waals surface area contributed by atoms with E-state index >= 15 is 0 Å². The van der Waals surface area contributed by atoms with E-state index in [1.54, 1.807) is 0 Å². The summed E-state index contributed by atoms with van der Waals surface area (Å²) in [5.41, 5.74) is 0.0211. The molecule has 0 spiro atoms. The van der Waals surface area contributed by atoms with Gasteiger partial charge in [0.05, 0.1) is 18.2 Å². The third kappa shape index (κ3) is 3.99. The number of thioether (sulfide) groups is 1. The van der Waals surface area contributed by atoms with Gasteiger partial charge in [0.1, 0.15) is 0 Å². The number of methoxy groups -OCH3 is 1. The number of rotatable bonds is 3. The monoisotopic (exact) mass is 425 g/mol. The van der Waals surface area contributed by atoms with Crippen LogP contribution in [-0.4, -0.2) is 60.8 Å². The van der Waals surface area contributed by atoms with Crippen LogP contribution >= 0.6 is 35.7 Å². The molecule has 2 atom stereocenters. The number of fused-ring (bicyclic) bond motifs is 1. The van der Waals surface area contributed by atoms with Gasteiger partial charge in [-0.05, 0) is 43.1 Å². The Morgan fingerprint density at radius 1 is 1.38 bits per heavy atom. The van der Waals surface area contributed by atoms with E-state index in [1.165, 1.54) is 24.3 Å². The van der Waals surface area contributed by atoms with Gasteiger partial charge in [-0.25, -0.2) is 0 Å². The standard InChI is InChI=1S/C15H27N3OS.HI/c1-12-3-4-13-9-16-14(18(13)10-12)17-11-15(19-2)5-7-20-8-6-15;/h12-13H,3-11H2,1-2H3,(H,16,17);1H. The SMILES string of the molecule is COC1(CNC2=NCC3CCC(C)CN23)CCSCC1.I. The van der Waals surface area contributed by atoms with Gasteiger partial charge in [0.15, 0.2) is 5.96 Å². The Balaban J connectivity index is 0.00000161. The van der Waals surface area contributed by atoms with Gasteiger partial charge in [-0.2, -0.15) is 11.8 Å². The van der Waals surface area contributed by atoms with Crippen molar-refractivity contribution in [2.75, 3.05) is 38.2 Å². The maximum absolute atomic E-state index is 5.85. The van der Waals surface area contributed by atoms with Gasteiger partial charge in [0, 0.05) is 20.2 Å². The highest BCUT2D eigenvalue weighted by atomic mass is 127. The molecule has 0 aromatic heterocycles. The van der Waals surface area contributed by atoms with Crippen LogP contribution in [0.15, 0.2) is 4.99 Å². The second kappa shape index (κ2) is 7.73. The molecule has 3 rings (SSSR count). The molecule has 0 amide bonds. The molecule has 0 aromatic carbocycles. The maximum Gasteiger partial charge on any atom is 0.194 e. The summed E-state index contributed by atoms with van der Waals surface area (Å²) in [6, 6.07) is 0.647. The van der Waals surface area contributed by atoms with Gasteiger partial charge in [-0.1, -0.05) is 6.92 Å². The van der Waals surface area contributed by atoms with Crippen LogP contribution in [-0.2, 0) is 4.74 Å². The molecule has 0 radical (unpaired) electrons. The minimum absolute atomic E-state index is 0. The average molecular weight is 425 g/mol. The number of guanidine groups is 1. The molecular weight excluding hydrogens is 397 g/mol. The smallest absolute Gasteiger partial charge is 0.194 e. The first-order chi connectivity index (χ1) is 9.72. The van der Waals surface area contributed by atoms with Crippen LogP contribution in [0.5, 0.6) is 0 Å². The van der Waals surface area contributed by atoms with Crippen molar-refractivity contribution in [3.05, 3.63) is 0 Å². The number of aliphatic imine (C=N–C) groups is 1. The van der Waals surface area contributed by atoms with Crippen LogP contribution in [0.2, 0.25) is 0 Å². The van der Waals surface area contributed by atoms with Crippen molar-refractivity contribution in [2.24, 2.45) is 10.9 Å². The van der Waals surface area contributed by atoms with Crippen molar-refractivity contribution in [2.45, 2.75) is 44.2 Å². The van der Waals surface area contributed by atoms with Crippen molar-refractivity contribution in [1.82, 2.24) is 10.2 Å². The lowest BCUT2D eigenvalue weighted by Crippen LogP contribution is -2.53. The summed E-state index contributed by atoms with van der Waals surface area (Å²) < 4.78 is 5.85. The van der Waals surface area contributed by atoms with Crippen molar-refractivity contribution in [3.8, 4) is 0 Å². The van der Waals surface area contributed by atoms with Gasteiger partial charge in [-0.15, -0.1) is 24.0 Å². The summed E-state index contributed by atoms with van der Waals surface area (Å²) in [6.07, 6.45) is 4.94. The number of hydrogen-bond acceptors (Lipinski definition) is 5. The van der Waals surface area contributed by atoms with Crippen molar-refractivity contribution in [3.63, 3.8) is 0 Å². The van der Waals surface area contributed by atoms with Crippen LogP contribution in [0.3, 0.4) is 0 Å². The fraction of sp³-hybridized carbons (Fsp3) is 0.933. The summed E-state index contributed by atoms with van der Waals surface area (Å²) in [6.45, 7) is 5.39. The van der Waals surface area contributed by atoms with Crippen LogP contribution in [0.1, 0.15) is 32.6 Å². The zero-order valence-electron chi connectivity index (χ0n) is 13.1. The Hall–Kier alpha value is 0.310. The topological polar surface area (TPSA) is 36.9 Å². The van der Waals surface area contributed by atoms with Gasteiger partial charge >= 0.3 is 0 Å². The predicted molar refractivity (Wildman–Crippen MR) is 101 cm³/mol. The number of hydrogen-bond donors (Lipinski definition) is 1. The molecule has 4 nitrogen and oxygen atoms in total. The lowest BCUT2D eigenvalue weighted by Gasteiger charge is -2.39. The first kappa shape index (κ1) is 17.7. The lowest BCUT2D eigenvalue weighted by molar-refractivity contribution is -0.0131. The number of nitrogens with zero attached hydrogens (tertiary/aromatic N) is 2. The van der Waals surface area contributed by atoms with E-state index < -0.39 is 0 Å². The van der Waals surface area contributed by atoms with E-state index in [4.69, 9.17) is 9.73 Å². The number of halogens is 1. The molecule has 1 N–H and O–H groups in total. The van der Waals surface area contributed by atoms with E-state index in [1.807, 2.05) is 18.9 Å². The summed E-state index contributed by atoms with van der Waals surface area (Å²) in [5.74, 6) is 4.34. The quantitative estimate of drug-likeness (QED) is 0.706. The molecule has 2 saturated heterocycles. The first-order valence-electron chi connectivity index (χ1n) is 7.90. The number of ether oxygens (including phenoxy) is 1. The van der Waals surface area contributed by atoms with Crippen LogP contribution < -0.4 is 5.32 Å². The van der Waals surface area contributed by atoms with E-state index in [0.717, 1.165) is 44.4 Å². The second-order valence-electron chi connectivity index (χ2n) is 6.51. The summed E-state index contributed by atoms with van der Waals surface area (Å²) >= 11 is 2.04. The third-order valence-electron chi connectivity index (χ3n) is 5.07. The lowest BCUT2D eigenvalue weighted by atomic mass is 9.95. The van der Waals surface area contributed by atoms with Gasteiger partial charge in [0.25, 0.3) is 0 Å². The van der Waals surface area contributed by atoms with Crippen LogP contribution in [0, 0.1) is 5.92 Å². The van der Waals surface area contributed by atoms with E-state index in [0.29, 0.717) is 6.04 Å². The van der Waals surface area contributed by atoms with Gasteiger partial charge in [-0.3, -0.25) is 4.99 Å². The predicted octanol–water partition coefficient (Wildman–Crippen LogP) is 2.58. The Bertz CT molecular complexity index is 374. The summed E-state index contributed by atoms with van der Waals surface area (Å²) in [4.78, 5) is 7.23. The molecule has 0 aliphatic carbocycles. The zero-order chi connectivity index (χ0) is 14.0. The molecule has 3 aliphatic rings. The normalized spacial score (nSPS) is 31.1.